The van der Waals surface area contributed by atoms with E-state index < -0.39 is 12.0 Å². The summed E-state index contributed by atoms with van der Waals surface area (Å²) in [6.07, 6.45) is 0.895. The van der Waals surface area contributed by atoms with E-state index in [1.807, 2.05) is 12.1 Å². The first-order chi connectivity index (χ1) is 9.58. The molecule has 0 saturated heterocycles. The van der Waals surface area contributed by atoms with E-state index in [-0.39, 0.29) is 0 Å². The van der Waals surface area contributed by atoms with Crippen molar-refractivity contribution in [3.8, 4) is 0 Å². The molecule has 6 heteroatoms. The van der Waals surface area contributed by atoms with Crippen LogP contribution in [0.3, 0.4) is 0 Å². The van der Waals surface area contributed by atoms with Gasteiger partial charge in [0.05, 0.1) is 5.69 Å². The normalized spacial score (nSPS) is 12.1. The molecule has 1 aromatic carbocycles. The summed E-state index contributed by atoms with van der Waals surface area (Å²) >= 11 is 1.37. The number of nitrogens with two attached hydrogens (primary N) is 1. The monoisotopic (exact) mass is 291 g/mol. The smallest absolute Gasteiger partial charge is 0.326 e. The van der Waals surface area contributed by atoms with E-state index in [1.54, 1.807) is 5.38 Å². The standard InChI is InChI=1S/C14H17N3O2S/c1-9-4-2-3-5-10(9)6-7-16-14-17-11(8-20-14)12(15)13(18)19/h2-5,8,12H,6-7,15H2,1H3,(H,16,17)(H,18,19). The number of carboxylic acid groups (broad SMARTS) is 1. The van der Waals surface area contributed by atoms with Gasteiger partial charge in [-0.1, -0.05) is 24.3 Å². The molecular weight excluding hydrogens is 274 g/mol. The first kappa shape index (κ1) is 14.5. The Morgan fingerprint density at radius 2 is 2.25 bits per heavy atom. The number of aryl methyl sites for hydroxylation is 1. The molecule has 2 aromatic rings. The highest BCUT2D eigenvalue weighted by Crippen LogP contribution is 2.19. The van der Waals surface area contributed by atoms with E-state index in [0.717, 1.165) is 13.0 Å². The summed E-state index contributed by atoms with van der Waals surface area (Å²) in [5.74, 6) is -1.07. The molecule has 1 atom stereocenters. The second kappa shape index (κ2) is 6.49. The molecule has 0 aliphatic rings. The molecule has 0 spiro atoms. The van der Waals surface area contributed by atoms with Gasteiger partial charge in [-0.15, -0.1) is 11.3 Å². The van der Waals surface area contributed by atoms with Crippen LogP contribution in [0, 0.1) is 6.92 Å². The maximum Gasteiger partial charge on any atom is 0.326 e. The van der Waals surface area contributed by atoms with Gasteiger partial charge in [0, 0.05) is 11.9 Å². The predicted octanol–water partition coefficient (Wildman–Crippen LogP) is 2.19. The van der Waals surface area contributed by atoms with Crippen molar-refractivity contribution in [1.29, 1.82) is 0 Å². The largest absolute Gasteiger partial charge is 0.480 e. The Bertz CT molecular complexity index is 598. The van der Waals surface area contributed by atoms with E-state index in [4.69, 9.17) is 10.8 Å². The number of rotatable bonds is 6. The second-order valence-corrected chi connectivity index (χ2v) is 5.35. The molecule has 0 aliphatic heterocycles. The van der Waals surface area contributed by atoms with E-state index in [2.05, 4.69) is 29.4 Å². The summed E-state index contributed by atoms with van der Waals surface area (Å²) < 4.78 is 0. The van der Waals surface area contributed by atoms with Gasteiger partial charge in [-0.05, 0) is 24.5 Å². The maximum absolute atomic E-state index is 10.8. The van der Waals surface area contributed by atoms with Crippen molar-refractivity contribution in [2.45, 2.75) is 19.4 Å². The molecular formula is C14H17N3O2S. The highest BCUT2D eigenvalue weighted by molar-refractivity contribution is 7.13. The Balaban J connectivity index is 1.89. The van der Waals surface area contributed by atoms with Crippen LogP contribution in [0.15, 0.2) is 29.6 Å². The number of aliphatic carboxylic acids is 1. The van der Waals surface area contributed by atoms with Gasteiger partial charge in [0.15, 0.2) is 5.13 Å². The highest BCUT2D eigenvalue weighted by atomic mass is 32.1. The summed E-state index contributed by atoms with van der Waals surface area (Å²) in [6.45, 7) is 2.84. The van der Waals surface area contributed by atoms with Crippen molar-refractivity contribution in [2.75, 3.05) is 11.9 Å². The van der Waals surface area contributed by atoms with Crippen LogP contribution in [-0.2, 0) is 11.2 Å². The van der Waals surface area contributed by atoms with Crippen molar-refractivity contribution < 1.29 is 9.90 Å². The fraction of sp³-hybridized carbons (Fsp3) is 0.286. The van der Waals surface area contributed by atoms with Gasteiger partial charge in [0.1, 0.15) is 6.04 Å². The Hall–Kier alpha value is -1.92. The third-order valence-corrected chi connectivity index (χ3v) is 3.86. The number of nitrogens with one attached hydrogen (secondary N) is 1. The lowest BCUT2D eigenvalue weighted by Crippen LogP contribution is -2.21. The number of anilines is 1. The molecule has 0 aliphatic carbocycles. The number of nitrogens with zero attached hydrogens (tertiary/aromatic N) is 1. The van der Waals surface area contributed by atoms with Crippen molar-refractivity contribution >= 4 is 22.4 Å². The number of hydrogen-bond acceptors (Lipinski definition) is 5. The number of benzene rings is 1. The van der Waals surface area contributed by atoms with Gasteiger partial charge < -0.3 is 16.2 Å². The third-order valence-electron chi connectivity index (χ3n) is 3.04. The number of thiazole rings is 1. The van der Waals surface area contributed by atoms with Crippen LogP contribution in [0.5, 0.6) is 0 Å². The molecule has 0 radical (unpaired) electrons. The molecule has 1 heterocycles. The van der Waals surface area contributed by atoms with Crippen LogP contribution >= 0.6 is 11.3 Å². The van der Waals surface area contributed by atoms with Gasteiger partial charge >= 0.3 is 5.97 Å². The number of hydrogen-bond donors (Lipinski definition) is 3. The number of carbonyl (C=O) groups is 1. The molecule has 1 aromatic heterocycles. The van der Waals surface area contributed by atoms with E-state index in [1.165, 1.54) is 22.5 Å². The zero-order valence-electron chi connectivity index (χ0n) is 11.2. The summed E-state index contributed by atoms with van der Waals surface area (Å²) in [6, 6.07) is 7.17. The van der Waals surface area contributed by atoms with Crippen molar-refractivity contribution in [3.05, 3.63) is 46.5 Å². The minimum absolute atomic E-state index is 0.390. The average molecular weight is 291 g/mol. The van der Waals surface area contributed by atoms with Gasteiger partial charge in [-0.2, -0.15) is 0 Å². The number of carboxylic acids is 1. The highest BCUT2D eigenvalue weighted by Gasteiger charge is 2.17. The molecule has 0 bridgehead atoms. The molecule has 0 fully saturated rings. The molecule has 5 nitrogen and oxygen atoms in total. The van der Waals surface area contributed by atoms with Crippen LogP contribution in [0.25, 0.3) is 0 Å². The van der Waals surface area contributed by atoms with Crippen molar-refractivity contribution in [3.63, 3.8) is 0 Å². The lowest BCUT2D eigenvalue weighted by Gasteiger charge is -2.06. The molecule has 0 saturated carbocycles. The van der Waals surface area contributed by atoms with Crippen molar-refractivity contribution in [2.24, 2.45) is 5.73 Å². The lowest BCUT2D eigenvalue weighted by molar-refractivity contribution is -0.138. The van der Waals surface area contributed by atoms with Crippen LogP contribution in [0.4, 0.5) is 5.13 Å². The van der Waals surface area contributed by atoms with Gasteiger partial charge in [-0.3, -0.25) is 4.79 Å². The van der Waals surface area contributed by atoms with Gasteiger partial charge in [0.2, 0.25) is 0 Å². The van der Waals surface area contributed by atoms with Crippen LogP contribution in [0.2, 0.25) is 0 Å². The Labute approximate surface area is 121 Å². The van der Waals surface area contributed by atoms with Crippen LogP contribution < -0.4 is 11.1 Å². The maximum atomic E-state index is 10.8. The molecule has 0 amide bonds. The molecule has 20 heavy (non-hydrogen) atoms. The molecule has 2 rings (SSSR count). The summed E-state index contributed by atoms with van der Waals surface area (Å²) in [7, 11) is 0. The molecule has 106 valence electrons. The SMILES string of the molecule is Cc1ccccc1CCNc1nc(C(N)C(=O)O)cs1. The Morgan fingerprint density at radius 1 is 1.50 bits per heavy atom. The average Bonchev–Trinajstić information content (AvgIpc) is 2.88. The predicted molar refractivity (Wildman–Crippen MR) is 80.1 cm³/mol. The Morgan fingerprint density at radius 3 is 2.95 bits per heavy atom. The van der Waals surface area contributed by atoms with E-state index in [9.17, 15) is 4.79 Å². The zero-order chi connectivity index (χ0) is 14.5. The first-order valence-electron chi connectivity index (χ1n) is 6.30. The van der Waals surface area contributed by atoms with Crippen LogP contribution in [0.1, 0.15) is 22.9 Å². The first-order valence-corrected chi connectivity index (χ1v) is 7.18. The summed E-state index contributed by atoms with van der Waals surface area (Å²) in [4.78, 5) is 15.0. The van der Waals surface area contributed by atoms with E-state index in [0.29, 0.717) is 10.8 Å². The fourth-order valence-corrected chi connectivity index (χ4v) is 2.61. The quantitative estimate of drug-likeness (QED) is 0.759. The number of aromatic nitrogens is 1. The minimum atomic E-state index is -1.07. The van der Waals surface area contributed by atoms with Gasteiger partial charge in [-0.25, -0.2) is 4.98 Å². The lowest BCUT2D eigenvalue weighted by atomic mass is 10.1. The van der Waals surface area contributed by atoms with Crippen LogP contribution in [-0.4, -0.2) is 22.6 Å². The Kier molecular flexibility index (Phi) is 4.70. The summed E-state index contributed by atoms with van der Waals surface area (Å²) in [5, 5.41) is 14.4. The van der Waals surface area contributed by atoms with Crippen molar-refractivity contribution in [1.82, 2.24) is 4.98 Å². The molecule has 1 unspecified atom stereocenters. The topological polar surface area (TPSA) is 88.2 Å². The van der Waals surface area contributed by atoms with E-state index >= 15 is 0 Å². The second-order valence-electron chi connectivity index (χ2n) is 4.50. The molecule has 4 N–H and O–H groups in total. The third kappa shape index (κ3) is 3.55. The van der Waals surface area contributed by atoms with Gasteiger partial charge in [0.25, 0.3) is 0 Å². The fourth-order valence-electron chi connectivity index (χ4n) is 1.83. The summed E-state index contributed by atoms with van der Waals surface area (Å²) in [5.41, 5.74) is 8.45. The minimum Gasteiger partial charge on any atom is -0.480 e. The zero-order valence-corrected chi connectivity index (χ0v) is 12.0.